The monoisotopic (exact) mass is 1130 g/mol. The SMILES string of the molecule is C.C.CN(C)C(=O)SC(=O)[C@@]12OC(c3cccs3)O[C@@H]1C[C@H]1[C@@H]3C[C@H](F)C4=CC(=O)C=C[C@]4(C)[C@@]3(F)[C@@H](O)C[C@@]12C.CSC(=O)[C@@]12O[C@@H](c3cccs3)O[C@@H]1C[C@H]1[C@@H]3C[C@H](F)C4=CC(=O)C=C[C@]4(C)[C@@]3(F)[C@@H](O)C[C@@]12C. The number of carbonyl (C=O) groups is 5. The van der Waals surface area contributed by atoms with Crippen molar-refractivity contribution < 1.29 is 70.7 Å². The van der Waals surface area contributed by atoms with Crippen LogP contribution in [0.3, 0.4) is 0 Å². The van der Waals surface area contributed by atoms with Gasteiger partial charge in [-0.2, -0.15) is 0 Å². The number of thioether (sulfide) groups is 2. The van der Waals surface area contributed by atoms with E-state index in [2.05, 4.69) is 0 Å². The van der Waals surface area contributed by atoms with Crippen molar-refractivity contribution in [2.75, 3.05) is 20.4 Å². The van der Waals surface area contributed by atoms with E-state index in [0.717, 1.165) is 27.6 Å². The number of hydrogen-bond acceptors (Lipinski definition) is 15. The number of ketones is 2. The van der Waals surface area contributed by atoms with Crippen LogP contribution in [0.4, 0.5) is 22.4 Å². The Kier molecular flexibility index (Phi) is 14.5. The van der Waals surface area contributed by atoms with Gasteiger partial charge in [-0.05, 0) is 129 Å². The number of allylic oxidation sites excluding steroid dienone is 8. The van der Waals surface area contributed by atoms with Crippen LogP contribution in [-0.4, -0.2) is 122 Å². The van der Waals surface area contributed by atoms with E-state index in [4.69, 9.17) is 18.9 Å². The molecule has 12 nitrogen and oxygen atoms in total. The molecule has 0 spiro atoms. The molecule has 0 bridgehead atoms. The lowest BCUT2D eigenvalue weighted by molar-refractivity contribution is -0.232. The highest BCUT2D eigenvalue weighted by molar-refractivity contribution is 8.26. The zero-order valence-electron chi connectivity index (χ0n) is 41.8. The van der Waals surface area contributed by atoms with Crippen LogP contribution in [0.1, 0.15) is 103 Å². The summed E-state index contributed by atoms with van der Waals surface area (Å²) in [6, 6.07) is 7.43. The van der Waals surface area contributed by atoms with Crippen molar-refractivity contribution in [3.8, 4) is 0 Å². The second kappa shape index (κ2) is 19.2. The number of aliphatic hydroxyl groups excluding tert-OH is 2. The van der Waals surface area contributed by atoms with Crippen molar-refractivity contribution >= 4 is 73.2 Å². The Bertz CT molecular complexity index is 2830. The number of thiophene rings is 2. The molecule has 10 aliphatic rings. The fourth-order valence-electron chi connectivity index (χ4n) is 16.1. The number of carbonyl (C=O) groups excluding carboxylic acids is 5. The molecule has 2 aromatic rings. The third-order valence-corrected chi connectivity index (χ3v) is 23.1. The van der Waals surface area contributed by atoms with E-state index in [1.807, 2.05) is 41.9 Å². The maximum atomic E-state index is 17.5. The Morgan fingerprint density at radius 3 is 1.45 bits per heavy atom. The van der Waals surface area contributed by atoms with E-state index in [1.165, 1.54) is 79.0 Å². The van der Waals surface area contributed by atoms with Crippen molar-refractivity contribution in [2.45, 2.75) is 153 Å². The molecule has 414 valence electrons. The smallest absolute Gasteiger partial charge is 0.288 e. The quantitative estimate of drug-likeness (QED) is 0.278. The van der Waals surface area contributed by atoms with Crippen LogP contribution in [0.2, 0.25) is 0 Å². The minimum Gasteiger partial charge on any atom is -0.390 e. The van der Waals surface area contributed by atoms with E-state index in [0.29, 0.717) is 18.2 Å². The average Bonchev–Trinajstić information content (AvgIpc) is 4.22. The summed E-state index contributed by atoms with van der Waals surface area (Å²) in [5.41, 5.74) is -12.5. The molecule has 0 radical (unpaired) electrons. The largest absolute Gasteiger partial charge is 0.390 e. The third-order valence-electron chi connectivity index (χ3n) is 19.6. The molecule has 1 amide bonds. The fraction of sp³-hybridized carbons (Fsp3) is 0.625. The molecule has 8 fully saturated rings. The number of aliphatic hydroxyl groups is 2. The van der Waals surface area contributed by atoms with Gasteiger partial charge in [-0.1, -0.05) is 64.7 Å². The number of amides is 1. The molecular formula is C56H67F4NO11S4. The van der Waals surface area contributed by atoms with Crippen LogP contribution in [-0.2, 0) is 38.1 Å². The standard InChI is InChI=1S/C28H31F2NO6S2.C26H28F2O5S2.2CH4/c1-25-8-7-14(32)10-17(25)18(29)11-16-15-12-21-28(23(34)39-24(35)31(3)4,26(15,2)13-20(33)27(16,25)30)37-22(36-21)19-6-5-9-38-19;1-23-7-6-13(29)9-16(23)17(27)10-15-14-11-20-26(22(31)34-3,24(14,2)12-19(30)25(15,23)28)33-21(32-20)18-5-4-8-35-18;;/h5-10,15-16,18,20-22,33H,11-13H2,1-4H3;4-9,14-15,17,19-21,30H,10-12H2,1-3H3;2*1H4/t15-,16-,18-,20-,21+,22?,25-,26-,27-,28-;14-,15-,17-,19-,20+,21-,23-,24-,25-,26-;;/m00../s1. The van der Waals surface area contributed by atoms with Crippen LogP contribution in [0.5, 0.6) is 0 Å². The first-order chi connectivity index (χ1) is 34.8. The Morgan fingerprint density at radius 1 is 0.671 bits per heavy atom. The normalized spacial score (nSPS) is 46.8. The summed E-state index contributed by atoms with van der Waals surface area (Å²) in [4.78, 5) is 67.3. The molecule has 20 heteroatoms. The third kappa shape index (κ3) is 7.31. The first-order valence-electron chi connectivity index (χ1n) is 25.0. The summed E-state index contributed by atoms with van der Waals surface area (Å²) in [6.45, 7) is 6.76. The zero-order valence-corrected chi connectivity index (χ0v) is 45.0. The molecule has 2 N–H and O–H groups in total. The first-order valence-corrected chi connectivity index (χ1v) is 28.8. The lowest BCUT2D eigenvalue weighted by Gasteiger charge is -2.63. The fourth-order valence-corrected chi connectivity index (χ4v) is 19.1. The van der Waals surface area contributed by atoms with E-state index in [1.54, 1.807) is 20.1 Å². The minimum absolute atomic E-state index is 0. The molecule has 76 heavy (non-hydrogen) atoms. The van der Waals surface area contributed by atoms with Gasteiger partial charge < -0.3 is 34.1 Å². The number of nitrogens with zero attached hydrogens (tertiary/aromatic N) is 1. The molecule has 12 rings (SSSR count). The Hall–Kier alpha value is -3.31. The van der Waals surface area contributed by atoms with Gasteiger partial charge in [0.1, 0.15) is 12.3 Å². The highest BCUT2D eigenvalue weighted by atomic mass is 32.2. The Balaban J connectivity index is 0.000000182. The summed E-state index contributed by atoms with van der Waals surface area (Å²) in [5.74, 6) is -3.70. The van der Waals surface area contributed by atoms with Crippen molar-refractivity contribution in [2.24, 2.45) is 45.3 Å². The lowest BCUT2D eigenvalue weighted by atomic mass is 9.44. The minimum atomic E-state index is -2.29. The first kappa shape index (κ1) is 57.4. The van der Waals surface area contributed by atoms with Gasteiger partial charge in [-0.3, -0.25) is 24.0 Å². The van der Waals surface area contributed by atoms with Gasteiger partial charge in [0.05, 0.1) is 34.2 Å². The molecule has 2 aliphatic heterocycles. The molecule has 1 unspecified atom stereocenters. The number of rotatable bonds is 4. The van der Waals surface area contributed by atoms with Crippen LogP contribution in [0.25, 0.3) is 0 Å². The number of alkyl halides is 4. The molecular weight excluding hydrogens is 1070 g/mol. The van der Waals surface area contributed by atoms with Crippen molar-refractivity contribution in [1.82, 2.24) is 4.90 Å². The Labute approximate surface area is 457 Å². The second-order valence-electron chi connectivity index (χ2n) is 22.9. The Morgan fingerprint density at radius 2 is 1.08 bits per heavy atom. The molecule has 2 aromatic heterocycles. The zero-order chi connectivity index (χ0) is 53.1. The van der Waals surface area contributed by atoms with Crippen molar-refractivity contribution in [3.05, 3.63) is 92.4 Å². The predicted octanol–water partition coefficient (Wildman–Crippen LogP) is 10.8. The van der Waals surface area contributed by atoms with E-state index >= 15 is 17.6 Å². The summed E-state index contributed by atoms with van der Waals surface area (Å²) in [6.07, 6.45) is 0.0288. The van der Waals surface area contributed by atoms with Crippen LogP contribution >= 0.6 is 46.2 Å². The van der Waals surface area contributed by atoms with Crippen molar-refractivity contribution in [3.63, 3.8) is 0 Å². The summed E-state index contributed by atoms with van der Waals surface area (Å²) in [7, 11) is 3.08. The van der Waals surface area contributed by atoms with E-state index in [9.17, 15) is 34.2 Å². The number of halogens is 4. The van der Waals surface area contributed by atoms with E-state index in [-0.39, 0.29) is 69.0 Å². The predicted molar refractivity (Wildman–Crippen MR) is 283 cm³/mol. The molecule has 2 saturated heterocycles. The molecule has 20 atom stereocenters. The molecule has 4 heterocycles. The highest BCUT2D eigenvalue weighted by Gasteiger charge is 2.82. The van der Waals surface area contributed by atoms with Gasteiger partial charge in [0, 0.05) is 59.4 Å². The van der Waals surface area contributed by atoms with Crippen LogP contribution in [0.15, 0.2) is 82.6 Å². The summed E-state index contributed by atoms with van der Waals surface area (Å²) in [5, 5.41) is 25.7. The van der Waals surface area contributed by atoms with Crippen LogP contribution < -0.4 is 0 Å². The molecule has 8 aliphatic carbocycles. The highest BCUT2D eigenvalue weighted by Crippen LogP contribution is 2.75. The summed E-state index contributed by atoms with van der Waals surface area (Å²) < 4.78 is 91.9. The number of hydrogen-bond donors (Lipinski definition) is 2. The van der Waals surface area contributed by atoms with E-state index < -0.39 is 133 Å². The second-order valence-corrected chi connectivity index (χ2v) is 26.5. The molecule has 0 aromatic carbocycles. The van der Waals surface area contributed by atoms with Crippen molar-refractivity contribution in [1.29, 1.82) is 0 Å². The van der Waals surface area contributed by atoms with Gasteiger partial charge >= 0.3 is 0 Å². The topological polar surface area (TPSA) is 166 Å². The lowest BCUT2D eigenvalue weighted by Crippen LogP contribution is -2.70. The average molecular weight is 1130 g/mol. The maximum Gasteiger partial charge on any atom is 0.288 e. The van der Waals surface area contributed by atoms with Gasteiger partial charge in [0.2, 0.25) is 10.2 Å². The van der Waals surface area contributed by atoms with Gasteiger partial charge in [0.25, 0.3) is 5.24 Å². The van der Waals surface area contributed by atoms with Gasteiger partial charge in [-0.15, -0.1) is 22.7 Å². The van der Waals surface area contributed by atoms with Gasteiger partial charge in [-0.25, -0.2) is 17.6 Å². The molecule has 6 saturated carbocycles. The van der Waals surface area contributed by atoms with Crippen LogP contribution in [0, 0.1) is 45.3 Å². The summed E-state index contributed by atoms with van der Waals surface area (Å²) >= 11 is 4.43. The maximum absolute atomic E-state index is 17.5. The number of ether oxygens (including phenoxy) is 4. The number of fused-ring (bicyclic) bond motifs is 14. The van der Waals surface area contributed by atoms with Gasteiger partial charge in [0.15, 0.2) is 46.7 Å².